The Balaban J connectivity index is 4.66. The summed E-state index contributed by atoms with van der Waals surface area (Å²) in [7, 11) is 0. The Morgan fingerprint density at radius 3 is 1.29 bits per heavy atom. The van der Waals surface area contributed by atoms with E-state index in [1.54, 1.807) is 0 Å². The van der Waals surface area contributed by atoms with Gasteiger partial charge in [0.15, 0.2) is 0 Å². The number of allylic oxidation sites excluding steroid dienone is 8. The number of aliphatic hydroxyl groups is 2. The second-order valence-corrected chi connectivity index (χ2v) is 18.3. The largest absolute Gasteiger partial charge is 0.462 e. The normalized spacial score (nSPS) is 13.6. The summed E-state index contributed by atoms with van der Waals surface area (Å²) >= 11 is 0. The van der Waals surface area contributed by atoms with Crippen molar-refractivity contribution in [3.8, 4) is 0 Å². The maximum absolute atomic E-state index is 13.2. The fraction of sp³-hybridized carbons (Fsp3) is 0.821. The van der Waals surface area contributed by atoms with Crippen LogP contribution < -0.4 is 5.32 Å². The standard InChI is InChI=1S/C56H103NO5/c1-4-7-10-13-16-19-22-24-26-28-30-33-35-38-41-44-47-52(62-56(61)49-46-43-40-37-34-31-29-27-25-23-20-17-14-11-8-5-2)50-55(60)57-53(51-58)54(59)48-45-42-39-36-32-21-18-15-12-9-6-3/h22,24,26-30,33,52-54,58-59H,4-21,23,25,31-32,34-51H2,1-3H3,(H,57,60)/b24-22+,28-26+,29-27+,33-30+. The first-order chi connectivity index (χ1) is 30.5. The van der Waals surface area contributed by atoms with Crippen molar-refractivity contribution in [3.63, 3.8) is 0 Å². The molecule has 6 heteroatoms. The highest BCUT2D eigenvalue weighted by molar-refractivity contribution is 5.77. The lowest BCUT2D eigenvalue weighted by Gasteiger charge is -2.24. The summed E-state index contributed by atoms with van der Waals surface area (Å²) in [5.74, 6) is -0.511. The van der Waals surface area contributed by atoms with Gasteiger partial charge in [-0.15, -0.1) is 0 Å². The first-order valence-corrected chi connectivity index (χ1v) is 26.9. The summed E-state index contributed by atoms with van der Waals surface area (Å²) < 4.78 is 5.93. The molecule has 3 unspecified atom stereocenters. The molecule has 3 N–H and O–H groups in total. The van der Waals surface area contributed by atoms with Crippen LogP contribution in [0.5, 0.6) is 0 Å². The van der Waals surface area contributed by atoms with Crippen molar-refractivity contribution in [2.45, 2.75) is 289 Å². The molecule has 1 amide bonds. The van der Waals surface area contributed by atoms with Gasteiger partial charge in [0.2, 0.25) is 5.91 Å². The monoisotopic (exact) mass is 870 g/mol. The Hall–Kier alpha value is -2.18. The van der Waals surface area contributed by atoms with Crippen molar-refractivity contribution in [2.24, 2.45) is 0 Å². The molecule has 0 saturated carbocycles. The molecule has 3 atom stereocenters. The second kappa shape index (κ2) is 49.8. The maximum Gasteiger partial charge on any atom is 0.306 e. The average Bonchev–Trinajstić information content (AvgIpc) is 3.26. The lowest BCUT2D eigenvalue weighted by Crippen LogP contribution is -2.46. The molecule has 0 rings (SSSR count). The van der Waals surface area contributed by atoms with Crippen LogP contribution in [0.4, 0.5) is 0 Å². The Morgan fingerprint density at radius 2 is 0.839 bits per heavy atom. The molecule has 0 aromatic heterocycles. The number of carbonyl (C=O) groups is 2. The number of unbranched alkanes of at least 4 members (excludes halogenated alkanes) is 30. The molecule has 0 aromatic carbocycles. The van der Waals surface area contributed by atoms with Gasteiger partial charge in [0, 0.05) is 6.42 Å². The van der Waals surface area contributed by atoms with Crippen LogP contribution in [0.15, 0.2) is 48.6 Å². The van der Waals surface area contributed by atoms with Gasteiger partial charge in [-0.3, -0.25) is 9.59 Å². The first kappa shape index (κ1) is 59.8. The number of hydrogen-bond acceptors (Lipinski definition) is 5. The number of rotatable bonds is 48. The number of aliphatic hydroxyl groups excluding tert-OH is 2. The summed E-state index contributed by atoms with van der Waals surface area (Å²) in [6.07, 6.45) is 60.3. The topological polar surface area (TPSA) is 95.9 Å². The maximum atomic E-state index is 13.2. The third kappa shape index (κ3) is 44.4. The minimum atomic E-state index is -0.798. The number of hydrogen-bond donors (Lipinski definition) is 3. The van der Waals surface area contributed by atoms with Gasteiger partial charge in [-0.2, -0.15) is 0 Å². The van der Waals surface area contributed by atoms with E-state index in [0.717, 1.165) is 77.0 Å². The molecule has 0 spiro atoms. The summed E-state index contributed by atoms with van der Waals surface area (Å²) in [4.78, 5) is 26.2. The van der Waals surface area contributed by atoms with E-state index >= 15 is 0 Å². The van der Waals surface area contributed by atoms with Gasteiger partial charge in [0.1, 0.15) is 6.10 Å². The van der Waals surface area contributed by atoms with Crippen molar-refractivity contribution >= 4 is 11.9 Å². The third-order valence-electron chi connectivity index (χ3n) is 12.2. The summed E-state index contributed by atoms with van der Waals surface area (Å²) in [6.45, 7) is 6.46. The van der Waals surface area contributed by atoms with Gasteiger partial charge in [-0.1, -0.05) is 230 Å². The zero-order chi connectivity index (χ0) is 45.2. The Labute approximate surface area is 385 Å². The van der Waals surface area contributed by atoms with Crippen LogP contribution >= 0.6 is 0 Å². The van der Waals surface area contributed by atoms with Gasteiger partial charge < -0.3 is 20.3 Å². The molecule has 0 saturated heterocycles. The van der Waals surface area contributed by atoms with Crippen LogP contribution in [0.25, 0.3) is 0 Å². The van der Waals surface area contributed by atoms with Crippen LogP contribution in [-0.4, -0.2) is 46.9 Å². The number of esters is 1. The van der Waals surface area contributed by atoms with E-state index in [2.05, 4.69) is 74.7 Å². The lowest BCUT2D eigenvalue weighted by molar-refractivity contribution is -0.151. The highest BCUT2D eigenvalue weighted by atomic mass is 16.5. The minimum Gasteiger partial charge on any atom is -0.462 e. The van der Waals surface area contributed by atoms with E-state index in [-0.39, 0.29) is 24.9 Å². The molecule has 6 nitrogen and oxygen atoms in total. The van der Waals surface area contributed by atoms with Gasteiger partial charge >= 0.3 is 5.97 Å². The van der Waals surface area contributed by atoms with E-state index < -0.39 is 18.2 Å². The smallest absolute Gasteiger partial charge is 0.306 e. The predicted molar refractivity (Wildman–Crippen MR) is 269 cm³/mol. The SMILES string of the molecule is CCCCCCC/C=C/C=C/C=C/CCCCCC(CC(=O)NC(CO)C(O)CCCCCCCCCCCCC)OC(=O)CCCCCCC/C=C/CCCCCCCCC. The third-order valence-corrected chi connectivity index (χ3v) is 12.2. The van der Waals surface area contributed by atoms with Crippen molar-refractivity contribution < 1.29 is 24.5 Å². The molecule has 0 aliphatic rings. The van der Waals surface area contributed by atoms with Crippen LogP contribution in [0.1, 0.15) is 271 Å². The van der Waals surface area contributed by atoms with E-state index in [1.165, 1.54) is 148 Å². The highest BCUT2D eigenvalue weighted by Crippen LogP contribution is 2.17. The summed E-state index contributed by atoms with van der Waals surface area (Å²) in [5.41, 5.74) is 0. The Bertz CT molecular complexity index is 1070. The number of amides is 1. The predicted octanol–water partition coefficient (Wildman–Crippen LogP) is 16.2. The van der Waals surface area contributed by atoms with Crippen molar-refractivity contribution in [1.29, 1.82) is 0 Å². The molecular weight excluding hydrogens is 767 g/mol. The molecule has 362 valence electrons. The number of nitrogens with one attached hydrogen (secondary N) is 1. The average molecular weight is 870 g/mol. The highest BCUT2D eigenvalue weighted by Gasteiger charge is 2.24. The van der Waals surface area contributed by atoms with Gasteiger partial charge in [0.25, 0.3) is 0 Å². The summed E-state index contributed by atoms with van der Waals surface area (Å²) in [5, 5.41) is 23.7. The Morgan fingerprint density at radius 1 is 0.468 bits per heavy atom. The van der Waals surface area contributed by atoms with E-state index in [1.807, 2.05) is 0 Å². The number of ether oxygens (including phenoxy) is 1. The van der Waals surface area contributed by atoms with Crippen LogP contribution in [0, 0.1) is 0 Å². The lowest BCUT2D eigenvalue weighted by atomic mass is 10.0. The molecule has 62 heavy (non-hydrogen) atoms. The van der Waals surface area contributed by atoms with Crippen LogP contribution in [-0.2, 0) is 14.3 Å². The number of carbonyl (C=O) groups excluding carboxylic acids is 2. The fourth-order valence-corrected chi connectivity index (χ4v) is 8.07. The zero-order valence-electron chi connectivity index (χ0n) is 41.3. The molecule has 0 aliphatic heterocycles. The van der Waals surface area contributed by atoms with E-state index in [0.29, 0.717) is 19.3 Å². The minimum absolute atomic E-state index is 0.0524. The van der Waals surface area contributed by atoms with Crippen LogP contribution in [0.3, 0.4) is 0 Å². The van der Waals surface area contributed by atoms with E-state index in [9.17, 15) is 19.8 Å². The molecule has 0 heterocycles. The molecule has 0 aromatic rings. The molecular formula is C56H103NO5. The zero-order valence-corrected chi connectivity index (χ0v) is 41.3. The second-order valence-electron chi connectivity index (χ2n) is 18.3. The van der Waals surface area contributed by atoms with E-state index in [4.69, 9.17) is 4.74 Å². The van der Waals surface area contributed by atoms with Crippen molar-refractivity contribution in [2.75, 3.05) is 6.61 Å². The quantitative estimate of drug-likeness (QED) is 0.0245. The van der Waals surface area contributed by atoms with Gasteiger partial charge in [0.05, 0.1) is 25.2 Å². The molecule has 0 aliphatic carbocycles. The van der Waals surface area contributed by atoms with Gasteiger partial charge in [-0.25, -0.2) is 0 Å². The molecule has 0 radical (unpaired) electrons. The van der Waals surface area contributed by atoms with Crippen molar-refractivity contribution in [3.05, 3.63) is 48.6 Å². The molecule has 0 bridgehead atoms. The first-order valence-electron chi connectivity index (χ1n) is 26.9. The van der Waals surface area contributed by atoms with Gasteiger partial charge in [-0.05, 0) is 77.0 Å². The fourth-order valence-electron chi connectivity index (χ4n) is 8.07. The molecule has 0 fully saturated rings. The van der Waals surface area contributed by atoms with Crippen molar-refractivity contribution in [1.82, 2.24) is 5.32 Å². The Kier molecular flexibility index (Phi) is 48.1. The summed E-state index contributed by atoms with van der Waals surface area (Å²) in [6, 6.07) is -0.713. The van der Waals surface area contributed by atoms with Crippen LogP contribution in [0.2, 0.25) is 0 Å².